The second kappa shape index (κ2) is 8.86. The second-order valence-electron chi connectivity index (χ2n) is 5.10. The Bertz CT molecular complexity index is 545. The van der Waals surface area contributed by atoms with Gasteiger partial charge in [0, 0.05) is 13.1 Å². The number of aryl methyl sites for hydroxylation is 1. The summed E-state index contributed by atoms with van der Waals surface area (Å²) in [6, 6.07) is -0.440. The van der Waals surface area contributed by atoms with Gasteiger partial charge in [0.25, 0.3) is 6.47 Å². The Labute approximate surface area is 134 Å². The topological polar surface area (TPSA) is 109 Å². The summed E-state index contributed by atoms with van der Waals surface area (Å²) in [6.07, 6.45) is 2.50. The second-order valence-corrected chi connectivity index (χ2v) is 5.10. The minimum Gasteiger partial charge on any atom is -0.483 e. The van der Waals surface area contributed by atoms with E-state index < -0.39 is 6.04 Å². The first kappa shape index (κ1) is 18.6. The van der Waals surface area contributed by atoms with E-state index in [9.17, 15) is 9.59 Å². The SMILES string of the molecule is CCCN1CC(=O)N(Cc2nncn2CC)[C@H](C)C1=O.O=CO. The Morgan fingerprint density at radius 1 is 1.39 bits per heavy atom. The van der Waals surface area contributed by atoms with E-state index in [4.69, 9.17) is 9.90 Å². The lowest BCUT2D eigenvalue weighted by Crippen LogP contribution is -2.58. The Morgan fingerprint density at radius 2 is 2.04 bits per heavy atom. The van der Waals surface area contributed by atoms with Crippen LogP contribution in [0.15, 0.2) is 6.33 Å². The summed E-state index contributed by atoms with van der Waals surface area (Å²) in [5.41, 5.74) is 0. The molecule has 1 fully saturated rings. The molecule has 1 saturated heterocycles. The maximum absolute atomic E-state index is 12.2. The van der Waals surface area contributed by atoms with Crippen LogP contribution >= 0.6 is 0 Å². The molecule has 0 bridgehead atoms. The van der Waals surface area contributed by atoms with Crippen LogP contribution in [-0.4, -0.2) is 67.1 Å². The van der Waals surface area contributed by atoms with Gasteiger partial charge in [-0.2, -0.15) is 0 Å². The lowest BCUT2D eigenvalue weighted by atomic mass is 10.1. The average molecular weight is 325 g/mol. The van der Waals surface area contributed by atoms with Crippen molar-refractivity contribution in [2.45, 2.75) is 46.3 Å². The summed E-state index contributed by atoms with van der Waals surface area (Å²) in [6.45, 7) is 7.38. The van der Waals surface area contributed by atoms with E-state index in [0.717, 1.165) is 13.0 Å². The van der Waals surface area contributed by atoms with E-state index in [1.54, 1.807) is 23.1 Å². The van der Waals surface area contributed by atoms with Crippen molar-refractivity contribution in [2.24, 2.45) is 0 Å². The first-order valence-corrected chi connectivity index (χ1v) is 7.52. The van der Waals surface area contributed by atoms with E-state index in [-0.39, 0.29) is 24.8 Å². The van der Waals surface area contributed by atoms with Gasteiger partial charge in [-0.3, -0.25) is 14.4 Å². The number of nitrogens with zero attached hydrogens (tertiary/aromatic N) is 5. The summed E-state index contributed by atoms with van der Waals surface area (Å²) in [5.74, 6) is 0.689. The molecule has 2 rings (SSSR count). The molecular formula is C14H23N5O4. The van der Waals surface area contributed by atoms with Gasteiger partial charge in [-0.05, 0) is 20.3 Å². The van der Waals surface area contributed by atoms with Crippen LogP contribution in [0.25, 0.3) is 0 Å². The zero-order chi connectivity index (χ0) is 17.4. The van der Waals surface area contributed by atoms with Crippen LogP contribution in [0, 0.1) is 0 Å². The molecule has 0 saturated carbocycles. The van der Waals surface area contributed by atoms with Crippen molar-refractivity contribution in [1.82, 2.24) is 24.6 Å². The molecule has 9 nitrogen and oxygen atoms in total. The van der Waals surface area contributed by atoms with Gasteiger partial charge in [-0.25, -0.2) is 0 Å². The van der Waals surface area contributed by atoms with E-state index in [2.05, 4.69) is 10.2 Å². The molecule has 128 valence electrons. The van der Waals surface area contributed by atoms with Crippen molar-refractivity contribution >= 4 is 18.3 Å². The van der Waals surface area contributed by atoms with Crippen molar-refractivity contribution in [3.63, 3.8) is 0 Å². The largest absolute Gasteiger partial charge is 0.483 e. The molecule has 1 atom stereocenters. The standard InChI is InChI=1S/C13H21N5O2.CH2O2/c1-4-6-17-8-12(19)18(10(3)13(17)20)7-11-15-14-9-16(11)5-2;2-1-3/h9-10H,4-8H2,1-3H3;1H,(H,2,3)/t10-;/m1./s1. The third-order valence-corrected chi connectivity index (χ3v) is 3.62. The third kappa shape index (κ3) is 4.51. The molecule has 0 aromatic carbocycles. The Balaban J connectivity index is 0.000000816. The summed E-state index contributed by atoms with van der Waals surface area (Å²) in [4.78, 5) is 36.1. The predicted molar refractivity (Wildman–Crippen MR) is 81.3 cm³/mol. The fraction of sp³-hybridized carbons (Fsp3) is 0.643. The molecule has 2 heterocycles. The van der Waals surface area contributed by atoms with Gasteiger partial charge in [0.1, 0.15) is 12.4 Å². The van der Waals surface area contributed by atoms with Crippen LogP contribution in [0.2, 0.25) is 0 Å². The van der Waals surface area contributed by atoms with Crippen molar-refractivity contribution < 1.29 is 19.5 Å². The number of amides is 2. The Hall–Kier alpha value is -2.45. The molecule has 1 aliphatic rings. The van der Waals surface area contributed by atoms with Crippen molar-refractivity contribution in [1.29, 1.82) is 0 Å². The lowest BCUT2D eigenvalue weighted by Gasteiger charge is -2.38. The van der Waals surface area contributed by atoms with Crippen LogP contribution in [0.3, 0.4) is 0 Å². The summed E-state index contributed by atoms with van der Waals surface area (Å²) < 4.78 is 1.88. The van der Waals surface area contributed by atoms with Crippen LogP contribution in [0.4, 0.5) is 0 Å². The van der Waals surface area contributed by atoms with Gasteiger partial charge >= 0.3 is 0 Å². The molecule has 0 aliphatic carbocycles. The highest BCUT2D eigenvalue weighted by molar-refractivity contribution is 5.94. The lowest BCUT2D eigenvalue weighted by molar-refractivity contribution is -0.155. The van der Waals surface area contributed by atoms with Crippen molar-refractivity contribution in [2.75, 3.05) is 13.1 Å². The zero-order valence-electron chi connectivity index (χ0n) is 13.7. The molecule has 1 aliphatic heterocycles. The van der Waals surface area contributed by atoms with Gasteiger partial charge in [0.2, 0.25) is 11.8 Å². The summed E-state index contributed by atoms with van der Waals surface area (Å²) in [5, 5.41) is 14.8. The number of carbonyl (C=O) groups excluding carboxylic acids is 2. The van der Waals surface area contributed by atoms with Crippen LogP contribution in [0.1, 0.15) is 33.0 Å². The van der Waals surface area contributed by atoms with Crippen LogP contribution in [0.5, 0.6) is 0 Å². The predicted octanol–water partition coefficient (Wildman–Crippen LogP) is -0.0319. The van der Waals surface area contributed by atoms with Crippen LogP contribution < -0.4 is 0 Å². The number of aromatic nitrogens is 3. The van der Waals surface area contributed by atoms with Gasteiger partial charge in [0.05, 0.1) is 13.1 Å². The highest BCUT2D eigenvalue weighted by Gasteiger charge is 2.36. The number of carbonyl (C=O) groups is 3. The quantitative estimate of drug-likeness (QED) is 0.761. The molecule has 0 unspecified atom stereocenters. The van der Waals surface area contributed by atoms with Gasteiger partial charge in [-0.15, -0.1) is 10.2 Å². The number of carboxylic acid groups (broad SMARTS) is 1. The minimum absolute atomic E-state index is 0.00835. The fourth-order valence-corrected chi connectivity index (χ4v) is 2.45. The molecule has 0 radical (unpaired) electrons. The molecule has 9 heteroatoms. The average Bonchev–Trinajstić information content (AvgIpc) is 2.97. The number of piperazine rings is 1. The van der Waals surface area contributed by atoms with E-state index in [1.165, 1.54) is 0 Å². The minimum atomic E-state index is -0.440. The first-order chi connectivity index (χ1) is 11.0. The maximum Gasteiger partial charge on any atom is 0.290 e. The van der Waals surface area contributed by atoms with E-state index in [1.807, 2.05) is 18.4 Å². The zero-order valence-corrected chi connectivity index (χ0v) is 13.7. The van der Waals surface area contributed by atoms with Gasteiger partial charge < -0.3 is 19.5 Å². The van der Waals surface area contributed by atoms with E-state index in [0.29, 0.717) is 18.9 Å². The Morgan fingerprint density at radius 3 is 2.61 bits per heavy atom. The highest BCUT2D eigenvalue weighted by atomic mass is 16.3. The molecule has 0 spiro atoms. The fourth-order valence-electron chi connectivity index (χ4n) is 2.45. The first-order valence-electron chi connectivity index (χ1n) is 7.52. The smallest absolute Gasteiger partial charge is 0.290 e. The summed E-state index contributed by atoms with van der Waals surface area (Å²) >= 11 is 0. The normalized spacial score (nSPS) is 17.8. The van der Waals surface area contributed by atoms with Crippen molar-refractivity contribution in [3.05, 3.63) is 12.2 Å². The Kier molecular flexibility index (Phi) is 7.17. The third-order valence-electron chi connectivity index (χ3n) is 3.62. The number of hydrogen-bond donors (Lipinski definition) is 1. The summed E-state index contributed by atoms with van der Waals surface area (Å²) in [7, 11) is 0. The highest BCUT2D eigenvalue weighted by Crippen LogP contribution is 2.15. The number of hydrogen-bond acceptors (Lipinski definition) is 5. The van der Waals surface area contributed by atoms with Gasteiger partial charge in [-0.1, -0.05) is 6.92 Å². The van der Waals surface area contributed by atoms with Crippen molar-refractivity contribution in [3.8, 4) is 0 Å². The van der Waals surface area contributed by atoms with Gasteiger partial charge in [0.15, 0.2) is 5.82 Å². The molecule has 2 amide bonds. The number of rotatable bonds is 5. The molecular weight excluding hydrogens is 302 g/mol. The van der Waals surface area contributed by atoms with E-state index >= 15 is 0 Å². The monoisotopic (exact) mass is 325 g/mol. The molecule has 1 N–H and O–H groups in total. The molecule has 1 aromatic heterocycles. The van der Waals surface area contributed by atoms with Crippen LogP contribution in [-0.2, 0) is 27.5 Å². The maximum atomic E-state index is 12.2. The molecule has 23 heavy (non-hydrogen) atoms. The molecule has 1 aromatic rings.